The summed E-state index contributed by atoms with van der Waals surface area (Å²) in [5.74, 6) is -1.16. The Morgan fingerprint density at radius 1 is 1.33 bits per heavy atom. The maximum Gasteiger partial charge on any atom is 0.345 e. The lowest BCUT2D eigenvalue weighted by atomic mass is 10.1. The number of carboxylic acids is 1. The van der Waals surface area contributed by atoms with Gasteiger partial charge < -0.3 is 5.11 Å². The normalized spacial score (nSPS) is 11.0. The number of carboxylic acid groups (broad SMARTS) is 1. The average molecular weight is 322 g/mol. The molecule has 0 unspecified atom stereocenters. The Balaban J connectivity index is 2.14. The predicted octanol–water partition coefficient (Wildman–Crippen LogP) is 1.80. The smallest absolute Gasteiger partial charge is 0.345 e. The summed E-state index contributed by atoms with van der Waals surface area (Å²) in [5, 5.41) is 17.6. The minimum Gasteiger partial charge on any atom is -0.477 e. The number of hydrogen-bond donors (Lipinski definition) is 2. The van der Waals surface area contributed by atoms with Gasteiger partial charge in [-0.1, -0.05) is 12.1 Å². The fourth-order valence-electron chi connectivity index (χ4n) is 1.58. The van der Waals surface area contributed by atoms with Gasteiger partial charge in [-0.05, 0) is 29.8 Å². The third-order valence-electron chi connectivity index (χ3n) is 2.58. The molecule has 1 aromatic heterocycles. The van der Waals surface area contributed by atoms with Crippen molar-refractivity contribution in [3.63, 3.8) is 0 Å². The Morgan fingerprint density at radius 3 is 2.71 bits per heavy atom. The van der Waals surface area contributed by atoms with Crippen LogP contribution in [0.5, 0.6) is 0 Å². The molecule has 0 saturated heterocycles. The van der Waals surface area contributed by atoms with E-state index in [2.05, 4.69) is 4.72 Å². The zero-order valence-electron chi connectivity index (χ0n) is 10.6. The van der Waals surface area contributed by atoms with Gasteiger partial charge in [0.2, 0.25) is 10.0 Å². The molecule has 21 heavy (non-hydrogen) atoms. The monoisotopic (exact) mass is 322 g/mol. The molecule has 1 aromatic carbocycles. The molecule has 2 N–H and O–H groups in total. The maximum absolute atomic E-state index is 12.0. The van der Waals surface area contributed by atoms with Gasteiger partial charge in [-0.25, -0.2) is 17.9 Å². The summed E-state index contributed by atoms with van der Waals surface area (Å²) in [6.07, 6.45) is 0. The van der Waals surface area contributed by atoms with Gasteiger partial charge in [0.05, 0.1) is 11.6 Å². The van der Waals surface area contributed by atoms with Crippen molar-refractivity contribution < 1.29 is 18.3 Å². The molecule has 0 radical (unpaired) electrons. The number of aromatic carboxylic acids is 1. The topological polar surface area (TPSA) is 107 Å². The average Bonchev–Trinajstić information content (AvgIpc) is 2.96. The van der Waals surface area contributed by atoms with Crippen LogP contribution in [0, 0.1) is 11.3 Å². The first kappa shape index (κ1) is 15.2. The van der Waals surface area contributed by atoms with Crippen LogP contribution in [0.15, 0.2) is 40.6 Å². The second-order valence-electron chi connectivity index (χ2n) is 4.06. The molecule has 0 amide bonds. The highest BCUT2D eigenvalue weighted by atomic mass is 32.2. The molecular formula is C13H10N2O4S2. The number of sulfonamides is 1. The number of nitriles is 1. The van der Waals surface area contributed by atoms with Crippen LogP contribution in [-0.4, -0.2) is 19.5 Å². The van der Waals surface area contributed by atoms with Crippen LogP contribution in [0.25, 0.3) is 0 Å². The maximum atomic E-state index is 12.0. The summed E-state index contributed by atoms with van der Waals surface area (Å²) >= 11 is 0.688. The van der Waals surface area contributed by atoms with Crippen molar-refractivity contribution >= 4 is 27.3 Å². The van der Waals surface area contributed by atoms with Gasteiger partial charge in [-0.3, -0.25) is 0 Å². The Bertz CT molecular complexity index is 819. The Labute approximate surface area is 125 Å². The lowest BCUT2D eigenvalue weighted by molar-refractivity contribution is 0.0702. The predicted molar refractivity (Wildman–Crippen MR) is 76.5 cm³/mol. The molecule has 108 valence electrons. The zero-order chi connectivity index (χ0) is 15.5. The fourth-order valence-corrected chi connectivity index (χ4v) is 3.79. The largest absolute Gasteiger partial charge is 0.477 e. The summed E-state index contributed by atoms with van der Waals surface area (Å²) in [4.78, 5) is 10.7. The van der Waals surface area contributed by atoms with E-state index in [9.17, 15) is 13.2 Å². The van der Waals surface area contributed by atoms with Gasteiger partial charge >= 0.3 is 5.97 Å². The van der Waals surface area contributed by atoms with Crippen LogP contribution < -0.4 is 4.72 Å². The Kier molecular flexibility index (Phi) is 4.37. The number of hydrogen-bond acceptors (Lipinski definition) is 5. The van der Waals surface area contributed by atoms with Crippen molar-refractivity contribution in [2.24, 2.45) is 0 Å². The summed E-state index contributed by atoms with van der Waals surface area (Å²) in [7, 11) is -3.77. The van der Waals surface area contributed by atoms with Gasteiger partial charge in [0.15, 0.2) is 0 Å². The van der Waals surface area contributed by atoms with E-state index >= 15 is 0 Å². The number of nitrogens with zero attached hydrogens (tertiary/aromatic N) is 1. The molecule has 0 bridgehead atoms. The number of carbonyl (C=O) groups is 1. The van der Waals surface area contributed by atoms with Crippen LogP contribution in [0.1, 0.15) is 20.8 Å². The van der Waals surface area contributed by atoms with Crippen molar-refractivity contribution in [2.75, 3.05) is 0 Å². The molecular weight excluding hydrogens is 312 g/mol. The molecule has 0 saturated carbocycles. The highest BCUT2D eigenvalue weighted by Gasteiger charge is 2.18. The van der Waals surface area contributed by atoms with E-state index in [4.69, 9.17) is 10.4 Å². The minimum absolute atomic E-state index is 0.0260. The summed E-state index contributed by atoms with van der Waals surface area (Å²) in [6, 6.07) is 11.0. The third-order valence-corrected chi connectivity index (χ3v) is 5.55. The SMILES string of the molecule is N#Cc1cccc(CNS(=O)(=O)c2ccc(C(=O)O)s2)c1. The second kappa shape index (κ2) is 6.05. The number of nitrogens with one attached hydrogen (secondary N) is 1. The van der Waals surface area contributed by atoms with Crippen LogP contribution >= 0.6 is 11.3 Å². The molecule has 0 spiro atoms. The Morgan fingerprint density at radius 2 is 2.10 bits per heavy atom. The van der Waals surface area contributed by atoms with Gasteiger partial charge in [-0.2, -0.15) is 5.26 Å². The van der Waals surface area contributed by atoms with Crippen LogP contribution in [0.3, 0.4) is 0 Å². The van der Waals surface area contributed by atoms with E-state index in [1.165, 1.54) is 12.1 Å². The van der Waals surface area contributed by atoms with Crippen molar-refractivity contribution in [2.45, 2.75) is 10.8 Å². The van der Waals surface area contributed by atoms with E-state index in [0.29, 0.717) is 22.5 Å². The van der Waals surface area contributed by atoms with E-state index in [1.54, 1.807) is 24.3 Å². The molecule has 0 aliphatic carbocycles. The third kappa shape index (κ3) is 3.66. The van der Waals surface area contributed by atoms with Crippen molar-refractivity contribution in [1.29, 1.82) is 5.26 Å². The first-order chi connectivity index (χ1) is 9.92. The van der Waals surface area contributed by atoms with E-state index < -0.39 is 16.0 Å². The quantitative estimate of drug-likeness (QED) is 0.872. The van der Waals surface area contributed by atoms with Crippen molar-refractivity contribution in [3.05, 3.63) is 52.4 Å². The molecule has 0 fully saturated rings. The van der Waals surface area contributed by atoms with E-state index in [1.807, 2.05) is 6.07 Å². The van der Waals surface area contributed by atoms with Crippen molar-refractivity contribution in [1.82, 2.24) is 4.72 Å². The number of rotatable bonds is 5. The second-order valence-corrected chi connectivity index (χ2v) is 7.14. The van der Waals surface area contributed by atoms with Gasteiger partial charge in [-0.15, -0.1) is 11.3 Å². The van der Waals surface area contributed by atoms with Crippen LogP contribution in [-0.2, 0) is 16.6 Å². The van der Waals surface area contributed by atoms with E-state index in [0.717, 1.165) is 0 Å². The zero-order valence-corrected chi connectivity index (χ0v) is 12.2. The lowest BCUT2D eigenvalue weighted by Crippen LogP contribution is -2.22. The summed E-state index contributed by atoms with van der Waals surface area (Å²) < 4.78 is 26.4. The van der Waals surface area contributed by atoms with Crippen LogP contribution in [0.2, 0.25) is 0 Å². The number of thiophene rings is 1. The molecule has 2 rings (SSSR count). The molecule has 0 atom stereocenters. The molecule has 1 heterocycles. The molecule has 0 aliphatic rings. The lowest BCUT2D eigenvalue weighted by Gasteiger charge is -2.05. The number of benzene rings is 1. The molecule has 2 aromatic rings. The van der Waals surface area contributed by atoms with Crippen molar-refractivity contribution in [3.8, 4) is 6.07 Å². The van der Waals surface area contributed by atoms with Gasteiger partial charge in [0.25, 0.3) is 0 Å². The highest BCUT2D eigenvalue weighted by Crippen LogP contribution is 2.21. The van der Waals surface area contributed by atoms with Gasteiger partial charge in [0.1, 0.15) is 9.09 Å². The van der Waals surface area contributed by atoms with Gasteiger partial charge in [0, 0.05) is 6.54 Å². The Hall–Kier alpha value is -2.21. The van der Waals surface area contributed by atoms with E-state index in [-0.39, 0.29) is 15.6 Å². The first-order valence-corrected chi connectivity index (χ1v) is 8.04. The molecule has 6 nitrogen and oxygen atoms in total. The summed E-state index contributed by atoms with van der Waals surface area (Å²) in [5.41, 5.74) is 1.09. The highest BCUT2D eigenvalue weighted by molar-refractivity contribution is 7.91. The minimum atomic E-state index is -3.77. The van der Waals surface area contributed by atoms with Crippen LogP contribution in [0.4, 0.5) is 0 Å². The molecule has 0 aliphatic heterocycles. The summed E-state index contributed by atoms with van der Waals surface area (Å²) in [6.45, 7) is 0.0260. The molecule has 8 heteroatoms. The standard InChI is InChI=1S/C13H10N2O4S2/c14-7-9-2-1-3-10(6-9)8-15-21(18,19)12-5-4-11(20-12)13(16)17/h1-6,15H,8H2,(H,16,17). The fraction of sp³-hybridized carbons (Fsp3) is 0.0769. The first-order valence-electron chi connectivity index (χ1n) is 5.74.